The zero-order valence-corrected chi connectivity index (χ0v) is 26.1. The van der Waals surface area contributed by atoms with Gasteiger partial charge < -0.3 is 20.1 Å². The number of nitrogens with zero attached hydrogens (tertiary/aromatic N) is 5. The van der Waals surface area contributed by atoms with Gasteiger partial charge in [0.1, 0.15) is 47.1 Å². The molecule has 2 unspecified atom stereocenters. The summed E-state index contributed by atoms with van der Waals surface area (Å²) in [5, 5.41) is 10.5. The van der Waals surface area contributed by atoms with Crippen molar-refractivity contribution < 1.29 is 22.6 Å². The van der Waals surface area contributed by atoms with Crippen LogP contribution in [0.3, 0.4) is 0 Å². The number of hydrogen-bond acceptors (Lipinski definition) is 9. The number of alkyl halides is 1. The molecule has 4 aromatic rings. The number of nitrogen functional groups attached to an aromatic ring is 1. The van der Waals surface area contributed by atoms with E-state index in [0.717, 1.165) is 56.4 Å². The van der Waals surface area contributed by atoms with Crippen LogP contribution in [0.25, 0.3) is 32.1 Å². The number of likely N-dealkylation sites (N-methyl/N-ethyl adjacent to an activating group) is 1. The summed E-state index contributed by atoms with van der Waals surface area (Å²) in [6.07, 6.45) is 4.54. The number of nitrogens with two attached hydrogens (primary N) is 1. The van der Waals surface area contributed by atoms with Crippen molar-refractivity contribution in [2.75, 3.05) is 37.4 Å². The molecule has 13 heteroatoms. The van der Waals surface area contributed by atoms with Crippen molar-refractivity contribution in [3.05, 3.63) is 34.4 Å². The highest BCUT2D eigenvalue weighted by molar-refractivity contribution is 7.23. The Bertz CT molecular complexity index is 1930. The lowest BCUT2D eigenvalue weighted by atomic mass is 9.91. The molecule has 4 atom stereocenters. The Balaban J connectivity index is 1.35. The average molecular weight is 655 g/mol. The van der Waals surface area contributed by atoms with Gasteiger partial charge in [0, 0.05) is 31.0 Å². The second-order valence-electron chi connectivity index (χ2n) is 12.6. The highest BCUT2D eigenvalue weighted by Gasteiger charge is 2.49. The SMILES string of the molecule is CN1c2nc(OC[C@@]34CCCN3C[C@H](F)C4)nc3c(F)c(-c4ccc(F)c5sc(N)c(C#N)c45)c(Cl)c(c23)OC2CCCCC21. The van der Waals surface area contributed by atoms with Crippen molar-refractivity contribution in [3.8, 4) is 29.0 Å². The maximum atomic E-state index is 17.1. The highest BCUT2D eigenvalue weighted by atomic mass is 35.5. The minimum Gasteiger partial charge on any atom is -0.486 e. The number of ether oxygens (including phenoxy) is 2. The Morgan fingerprint density at radius 1 is 1.22 bits per heavy atom. The summed E-state index contributed by atoms with van der Waals surface area (Å²) in [5.41, 5.74) is 5.78. The lowest BCUT2D eigenvalue weighted by Gasteiger charge is -2.36. The van der Waals surface area contributed by atoms with Gasteiger partial charge in [0.2, 0.25) is 0 Å². The predicted octanol–water partition coefficient (Wildman–Crippen LogP) is 6.99. The van der Waals surface area contributed by atoms with Gasteiger partial charge in [-0.3, -0.25) is 4.90 Å². The molecule has 8 rings (SSSR count). The molecule has 1 saturated carbocycles. The van der Waals surface area contributed by atoms with Crippen molar-refractivity contribution in [2.24, 2.45) is 0 Å². The molecule has 5 heterocycles. The fourth-order valence-electron chi connectivity index (χ4n) is 8.02. The van der Waals surface area contributed by atoms with Gasteiger partial charge in [0.05, 0.1) is 32.3 Å². The Labute approximate surface area is 266 Å². The van der Waals surface area contributed by atoms with E-state index in [9.17, 15) is 14.0 Å². The lowest BCUT2D eigenvalue weighted by Crippen LogP contribution is -2.45. The van der Waals surface area contributed by atoms with E-state index < -0.39 is 23.3 Å². The van der Waals surface area contributed by atoms with E-state index in [2.05, 4.69) is 9.88 Å². The fourth-order valence-corrected chi connectivity index (χ4v) is 9.30. The van der Waals surface area contributed by atoms with Crippen LogP contribution in [0.2, 0.25) is 5.02 Å². The van der Waals surface area contributed by atoms with E-state index in [1.54, 1.807) is 0 Å². The van der Waals surface area contributed by atoms with Crippen LogP contribution in [0.4, 0.5) is 24.0 Å². The van der Waals surface area contributed by atoms with E-state index in [0.29, 0.717) is 24.2 Å². The molecule has 0 spiro atoms. The first kappa shape index (κ1) is 28.9. The van der Waals surface area contributed by atoms with E-state index in [-0.39, 0.29) is 72.8 Å². The standard InChI is InChI=1S/C32H30ClF3N6O2S/c1-41-19-5-2-3-6-20(19)44-27-23-26(39-31(40-30(23)41)43-14-32-9-4-10-42(32)13-15(34)11-32)25(36)22(24(27)33)16-7-8-18(35)28-21(16)17(12-37)29(38)45-28/h7-8,15,19-20H,2-6,9-11,13-14,38H2,1H3/t15-,19?,20?,32+/m1/s1. The molecule has 2 aromatic carbocycles. The van der Waals surface area contributed by atoms with Crippen LogP contribution in [-0.4, -0.2) is 65.5 Å². The summed E-state index contributed by atoms with van der Waals surface area (Å²) in [6.45, 7) is 1.36. The first-order chi connectivity index (χ1) is 21.7. The molecule has 0 bridgehead atoms. The Hall–Kier alpha value is -3.53. The van der Waals surface area contributed by atoms with E-state index >= 15 is 4.39 Å². The van der Waals surface area contributed by atoms with E-state index in [4.69, 9.17) is 31.8 Å². The monoisotopic (exact) mass is 654 g/mol. The smallest absolute Gasteiger partial charge is 0.319 e. The topological polar surface area (TPSA) is 101 Å². The summed E-state index contributed by atoms with van der Waals surface area (Å²) < 4.78 is 59.5. The fraction of sp³-hybridized carbons (Fsp3) is 0.469. The zero-order valence-electron chi connectivity index (χ0n) is 24.5. The van der Waals surface area contributed by atoms with Gasteiger partial charge in [-0.1, -0.05) is 24.1 Å². The van der Waals surface area contributed by atoms with Crippen molar-refractivity contribution in [2.45, 2.75) is 68.8 Å². The minimum atomic E-state index is -0.927. The molecule has 2 aromatic heterocycles. The number of benzene rings is 2. The number of thiophene rings is 1. The molecule has 4 aliphatic rings. The number of fused-ring (bicyclic) bond motifs is 3. The maximum Gasteiger partial charge on any atom is 0.319 e. The molecule has 1 aliphatic carbocycles. The predicted molar refractivity (Wildman–Crippen MR) is 168 cm³/mol. The van der Waals surface area contributed by atoms with Gasteiger partial charge >= 0.3 is 6.01 Å². The van der Waals surface area contributed by atoms with E-state index in [1.165, 1.54) is 12.1 Å². The third-order valence-corrected chi connectivity index (χ3v) is 11.5. The third kappa shape index (κ3) is 4.27. The van der Waals surface area contributed by atoms with Crippen LogP contribution in [-0.2, 0) is 0 Å². The third-order valence-electron chi connectivity index (χ3n) is 10.1. The molecule has 0 amide bonds. The molecule has 2 saturated heterocycles. The first-order valence-corrected chi connectivity index (χ1v) is 16.4. The summed E-state index contributed by atoms with van der Waals surface area (Å²) in [7, 11) is 1.91. The maximum absolute atomic E-state index is 17.1. The molecule has 3 fully saturated rings. The summed E-state index contributed by atoms with van der Waals surface area (Å²) in [6, 6.07) is 4.59. The number of nitriles is 1. The number of halogens is 4. The van der Waals surface area contributed by atoms with Crippen LogP contribution < -0.4 is 20.1 Å². The molecule has 45 heavy (non-hydrogen) atoms. The molecule has 3 aliphatic heterocycles. The van der Waals surface area contributed by atoms with Gasteiger partial charge in [0.25, 0.3) is 0 Å². The molecule has 0 radical (unpaired) electrons. The van der Waals surface area contributed by atoms with Gasteiger partial charge in [-0.2, -0.15) is 15.2 Å². The summed E-state index contributed by atoms with van der Waals surface area (Å²) in [4.78, 5) is 13.5. The largest absolute Gasteiger partial charge is 0.486 e. The summed E-state index contributed by atoms with van der Waals surface area (Å²) in [5.74, 6) is -0.680. The van der Waals surface area contributed by atoms with Gasteiger partial charge in [-0.05, 0) is 50.3 Å². The molecular formula is C32H30ClF3N6O2S. The molecular weight excluding hydrogens is 625 g/mol. The van der Waals surface area contributed by atoms with Crippen LogP contribution in [0.1, 0.15) is 50.5 Å². The van der Waals surface area contributed by atoms with Crippen molar-refractivity contribution in [1.82, 2.24) is 14.9 Å². The number of anilines is 2. The highest BCUT2D eigenvalue weighted by Crippen LogP contribution is 2.52. The van der Waals surface area contributed by atoms with Crippen molar-refractivity contribution in [3.63, 3.8) is 0 Å². The lowest BCUT2D eigenvalue weighted by molar-refractivity contribution is 0.107. The normalized spacial score (nSPS) is 26.0. The van der Waals surface area contributed by atoms with Crippen molar-refractivity contribution >= 4 is 54.7 Å². The molecule has 234 valence electrons. The second-order valence-corrected chi connectivity index (χ2v) is 14.1. The van der Waals surface area contributed by atoms with Gasteiger partial charge in [0.15, 0.2) is 11.6 Å². The number of aromatic nitrogens is 2. The van der Waals surface area contributed by atoms with Crippen LogP contribution in [0, 0.1) is 23.0 Å². The number of rotatable bonds is 4. The first-order valence-electron chi connectivity index (χ1n) is 15.3. The van der Waals surface area contributed by atoms with Crippen LogP contribution >= 0.6 is 22.9 Å². The quantitative estimate of drug-likeness (QED) is 0.251. The Morgan fingerprint density at radius 2 is 2.04 bits per heavy atom. The average Bonchev–Trinajstić information content (AvgIpc) is 3.65. The molecule has 2 N–H and O–H groups in total. The Kier molecular flexibility index (Phi) is 6.75. The zero-order chi connectivity index (χ0) is 31.2. The second kappa shape index (κ2) is 10.5. The van der Waals surface area contributed by atoms with E-state index in [1.807, 2.05) is 18.0 Å². The van der Waals surface area contributed by atoms with Gasteiger partial charge in [-0.25, -0.2) is 13.2 Å². The minimum absolute atomic E-state index is 0.0138. The van der Waals surface area contributed by atoms with Gasteiger partial charge in [-0.15, -0.1) is 11.3 Å². The van der Waals surface area contributed by atoms with Crippen LogP contribution in [0.15, 0.2) is 12.1 Å². The van der Waals surface area contributed by atoms with Crippen molar-refractivity contribution in [1.29, 1.82) is 5.26 Å². The number of hydrogen-bond donors (Lipinski definition) is 1. The van der Waals surface area contributed by atoms with Crippen LogP contribution in [0.5, 0.6) is 11.8 Å². The Morgan fingerprint density at radius 3 is 2.87 bits per heavy atom. The summed E-state index contributed by atoms with van der Waals surface area (Å²) >= 11 is 8.00. The molecule has 8 nitrogen and oxygen atoms in total.